The van der Waals surface area contributed by atoms with Crippen LogP contribution >= 0.6 is 12.2 Å². The Morgan fingerprint density at radius 3 is 2.44 bits per heavy atom. The van der Waals surface area contributed by atoms with Gasteiger partial charge in [0.15, 0.2) is 5.11 Å². The van der Waals surface area contributed by atoms with Crippen LogP contribution in [-0.4, -0.2) is 36.8 Å². The average molecular weight is 384 g/mol. The molecule has 144 valence electrons. The van der Waals surface area contributed by atoms with Crippen molar-refractivity contribution in [3.8, 4) is 5.75 Å². The van der Waals surface area contributed by atoms with Gasteiger partial charge in [-0.1, -0.05) is 36.8 Å². The summed E-state index contributed by atoms with van der Waals surface area (Å²) in [6.45, 7) is 5.13. The molecule has 1 fully saturated rings. The minimum Gasteiger partial charge on any atom is -0.497 e. The molecule has 5 heteroatoms. The van der Waals surface area contributed by atoms with Gasteiger partial charge in [0, 0.05) is 12.2 Å². The van der Waals surface area contributed by atoms with E-state index in [0.717, 1.165) is 31.1 Å². The lowest BCUT2D eigenvalue weighted by atomic mass is 10.0. The van der Waals surface area contributed by atoms with Gasteiger partial charge in [-0.25, -0.2) is 0 Å². The molecule has 0 aromatic heterocycles. The van der Waals surface area contributed by atoms with Crippen molar-refractivity contribution in [2.75, 3.05) is 32.1 Å². The van der Waals surface area contributed by atoms with E-state index in [-0.39, 0.29) is 0 Å². The lowest BCUT2D eigenvalue weighted by Gasteiger charge is -2.35. The number of nitrogens with one attached hydrogen (secondary N) is 2. The van der Waals surface area contributed by atoms with Gasteiger partial charge in [-0.2, -0.15) is 0 Å². The second-order valence-corrected chi connectivity index (χ2v) is 7.44. The standard InChI is InChI=1S/C22H29N3OS/c1-17-8-4-5-9-20(17)24-22(27)23-16-21(25-14-6-3-7-15-25)18-10-12-19(26-2)13-11-18/h4-5,8-13,21H,3,6-7,14-16H2,1-2H3,(H2,23,24,27)/t21-/m0/s1. The topological polar surface area (TPSA) is 36.5 Å². The number of hydrogen-bond acceptors (Lipinski definition) is 3. The zero-order valence-corrected chi connectivity index (χ0v) is 17.0. The number of benzene rings is 2. The molecule has 2 aromatic carbocycles. The molecule has 3 rings (SSSR count). The maximum atomic E-state index is 5.54. The number of nitrogens with zero attached hydrogens (tertiary/aromatic N) is 1. The van der Waals surface area contributed by atoms with E-state index >= 15 is 0 Å². The summed E-state index contributed by atoms with van der Waals surface area (Å²) in [4.78, 5) is 2.56. The van der Waals surface area contributed by atoms with Crippen LogP contribution in [0.3, 0.4) is 0 Å². The Morgan fingerprint density at radius 1 is 1.07 bits per heavy atom. The molecule has 27 heavy (non-hydrogen) atoms. The van der Waals surface area contributed by atoms with Crippen LogP contribution in [0, 0.1) is 6.92 Å². The van der Waals surface area contributed by atoms with Crippen LogP contribution in [-0.2, 0) is 0 Å². The number of aryl methyl sites for hydroxylation is 1. The number of likely N-dealkylation sites (tertiary alicyclic amines) is 1. The summed E-state index contributed by atoms with van der Waals surface area (Å²) in [6, 6.07) is 16.9. The molecular weight excluding hydrogens is 354 g/mol. The smallest absolute Gasteiger partial charge is 0.170 e. The van der Waals surface area contributed by atoms with Gasteiger partial charge < -0.3 is 15.4 Å². The van der Waals surface area contributed by atoms with Crippen molar-refractivity contribution in [2.24, 2.45) is 0 Å². The van der Waals surface area contributed by atoms with Crippen molar-refractivity contribution in [2.45, 2.75) is 32.2 Å². The van der Waals surface area contributed by atoms with E-state index in [0.29, 0.717) is 11.2 Å². The zero-order valence-electron chi connectivity index (χ0n) is 16.2. The van der Waals surface area contributed by atoms with E-state index in [4.69, 9.17) is 17.0 Å². The van der Waals surface area contributed by atoms with E-state index in [1.54, 1.807) is 7.11 Å². The molecule has 1 atom stereocenters. The molecule has 1 heterocycles. The lowest BCUT2D eigenvalue weighted by molar-refractivity contribution is 0.164. The number of hydrogen-bond donors (Lipinski definition) is 2. The number of ether oxygens (including phenoxy) is 1. The second-order valence-electron chi connectivity index (χ2n) is 7.04. The SMILES string of the molecule is COc1ccc([C@H](CNC(=S)Nc2ccccc2C)N2CCCCC2)cc1. The van der Waals surface area contributed by atoms with Gasteiger partial charge in [-0.05, 0) is 74.4 Å². The summed E-state index contributed by atoms with van der Waals surface area (Å²) in [5.74, 6) is 0.890. The molecule has 0 aliphatic carbocycles. The van der Waals surface area contributed by atoms with Gasteiger partial charge in [0.05, 0.1) is 13.2 Å². The monoisotopic (exact) mass is 383 g/mol. The van der Waals surface area contributed by atoms with Crippen molar-refractivity contribution in [3.05, 3.63) is 59.7 Å². The molecule has 0 bridgehead atoms. The number of rotatable bonds is 6. The molecule has 2 aromatic rings. The Balaban J connectivity index is 1.67. The van der Waals surface area contributed by atoms with Crippen molar-refractivity contribution < 1.29 is 4.74 Å². The predicted molar refractivity (Wildman–Crippen MR) is 117 cm³/mol. The number of thiocarbonyl (C=S) groups is 1. The van der Waals surface area contributed by atoms with Crippen molar-refractivity contribution >= 4 is 23.0 Å². The van der Waals surface area contributed by atoms with Gasteiger partial charge in [0.25, 0.3) is 0 Å². The number of anilines is 1. The van der Waals surface area contributed by atoms with Crippen LogP contribution in [0.1, 0.15) is 36.4 Å². The van der Waals surface area contributed by atoms with Gasteiger partial charge in [-0.15, -0.1) is 0 Å². The number of piperidine rings is 1. The van der Waals surface area contributed by atoms with E-state index in [1.807, 2.05) is 24.3 Å². The highest BCUT2D eigenvalue weighted by molar-refractivity contribution is 7.80. The predicted octanol–water partition coefficient (Wildman–Crippen LogP) is 4.52. The Hall–Kier alpha value is -2.11. The van der Waals surface area contributed by atoms with Gasteiger partial charge >= 0.3 is 0 Å². The molecule has 4 nitrogen and oxygen atoms in total. The average Bonchev–Trinajstić information content (AvgIpc) is 2.71. The molecule has 1 aliphatic heterocycles. The van der Waals surface area contributed by atoms with Crippen molar-refractivity contribution in [1.29, 1.82) is 0 Å². The minimum absolute atomic E-state index is 0.299. The summed E-state index contributed by atoms with van der Waals surface area (Å²) in [6.07, 6.45) is 3.85. The Labute approximate surface area is 167 Å². The maximum Gasteiger partial charge on any atom is 0.170 e. The van der Waals surface area contributed by atoms with Crippen molar-refractivity contribution in [3.63, 3.8) is 0 Å². The van der Waals surface area contributed by atoms with Crippen LogP contribution in [0.4, 0.5) is 5.69 Å². The van der Waals surface area contributed by atoms with Crippen molar-refractivity contribution in [1.82, 2.24) is 10.2 Å². The first-order valence-corrected chi connectivity index (χ1v) is 10.1. The zero-order chi connectivity index (χ0) is 19.1. The van der Waals surface area contributed by atoms with Crippen LogP contribution in [0.2, 0.25) is 0 Å². The van der Waals surface area contributed by atoms with Crippen LogP contribution < -0.4 is 15.4 Å². The largest absolute Gasteiger partial charge is 0.497 e. The van der Waals surface area contributed by atoms with Crippen LogP contribution in [0.15, 0.2) is 48.5 Å². The molecule has 0 radical (unpaired) electrons. The van der Waals surface area contributed by atoms with E-state index in [2.05, 4.69) is 46.7 Å². The van der Waals surface area contributed by atoms with E-state index in [9.17, 15) is 0 Å². The summed E-state index contributed by atoms with van der Waals surface area (Å²) < 4.78 is 5.31. The fourth-order valence-corrected chi connectivity index (χ4v) is 3.78. The lowest BCUT2D eigenvalue weighted by Crippen LogP contribution is -2.41. The summed E-state index contributed by atoms with van der Waals surface area (Å²) in [5.41, 5.74) is 3.53. The molecule has 1 saturated heterocycles. The first-order valence-electron chi connectivity index (χ1n) is 9.66. The highest BCUT2D eigenvalue weighted by Gasteiger charge is 2.22. The summed E-state index contributed by atoms with van der Waals surface area (Å²) in [5, 5.41) is 7.42. The fraction of sp³-hybridized carbons (Fsp3) is 0.409. The quantitative estimate of drug-likeness (QED) is 0.718. The Kier molecular flexibility index (Phi) is 7.07. The van der Waals surface area contributed by atoms with Crippen LogP contribution in [0.5, 0.6) is 5.75 Å². The molecule has 2 N–H and O–H groups in total. The Morgan fingerprint density at radius 2 is 1.78 bits per heavy atom. The fourth-order valence-electron chi connectivity index (χ4n) is 3.58. The van der Waals surface area contributed by atoms with Gasteiger partial charge in [0.1, 0.15) is 5.75 Å². The first kappa shape index (κ1) is 19.6. The molecule has 0 unspecified atom stereocenters. The third kappa shape index (κ3) is 5.44. The summed E-state index contributed by atoms with van der Waals surface area (Å²) >= 11 is 5.54. The van der Waals surface area contributed by atoms with Gasteiger partial charge in [0.2, 0.25) is 0 Å². The summed E-state index contributed by atoms with van der Waals surface area (Å²) in [7, 11) is 1.70. The first-order chi connectivity index (χ1) is 13.2. The van der Waals surface area contributed by atoms with E-state index < -0.39 is 0 Å². The third-order valence-corrected chi connectivity index (χ3v) is 5.43. The molecule has 0 spiro atoms. The molecule has 1 aliphatic rings. The molecule has 0 amide bonds. The third-order valence-electron chi connectivity index (χ3n) is 5.18. The maximum absolute atomic E-state index is 5.54. The Bertz CT molecular complexity index is 741. The highest BCUT2D eigenvalue weighted by Crippen LogP contribution is 2.26. The normalized spacial score (nSPS) is 15.8. The number of methoxy groups -OCH3 is 1. The number of para-hydroxylation sites is 1. The van der Waals surface area contributed by atoms with Gasteiger partial charge in [-0.3, -0.25) is 4.90 Å². The molecular formula is C22H29N3OS. The van der Waals surface area contributed by atoms with Crippen LogP contribution in [0.25, 0.3) is 0 Å². The molecule has 0 saturated carbocycles. The second kappa shape index (κ2) is 9.72. The van der Waals surface area contributed by atoms with E-state index in [1.165, 1.54) is 30.4 Å². The minimum atomic E-state index is 0.299. The highest BCUT2D eigenvalue weighted by atomic mass is 32.1.